The van der Waals surface area contributed by atoms with Gasteiger partial charge in [-0.05, 0) is 73.5 Å². The maximum atomic E-state index is 14.5. The number of likely N-dealkylation sites (tertiary alicyclic amines) is 1. The number of hydrogen-bond acceptors (Lipinski definition) is 4. The Hall–Kier alpha value is -3.06. The number of imide groups is 1. The van der Waals surface area contributed by atoms with E-state index in [9.17, 15) is 18.8 Å². The summed E-state index contributed by atoms with van der Waals surface area (Å²) in [6, 6.07) is 12.6. The van der Waals surface area contributed by atoms with Gasteiger partial charge in [0, 0.05) is 25.1 Å². The van der Waals surface area contributed by atoms with Gasteiger partial charge in [-0.2, -0.15) is 0 Å². The van der Waals surface area contributed by atoms with Crippen molar-refractivity contribution in [2.24, 2.45) is 0 Å². The number of carbonyl (C=O) groups is 3. The molecule has 1 unspecified atom stereocenters. The van der Waals surface area contributed by atoms with Crippen LogP contribution < -0.4 is 5.32 Å². The minimum absolute atomic E-state index is 0.192. The highest BCUT2D eigenvalue weighted by molar-refractivity contribution is 6.05. The monoisotopic (exact) mass is 449 g/mol. The molecule has 3 amide bonds. The van der Waals surface area contributed by atoms with E-state index in [1.165, 1.54) is 16.5 Å². The van der Waals surface area contributed by atoms with Crippen molar-refractivity contribution in [1.29, 1.82) is 0 Å². The molecule has 172 valence electrons. The van der Waals surface area contributed by atoms with E-state index in [-0.39, 0.29) is 24.2 Å². The van der Waals surface area contributed by atoms with Gasteiger partial charge in [0.2, 0.25) is 11.8 Å². The molecule has 0 bridgehead atoms. The van der Waals surface area contributed by atoms with Gasteiger partial charge >= 0.3 is 0 Å². The van der Waals surface area contributed by atoms with Crippen molar-refractivity contribution in [3.63, 3.8) is 0 Å². The quantitative estimate of drug-likeness (QED) is 0.713. The molecule has 2 aromatic rings. The molecule has 2 fully saturated rings. The van der Waals surface area contributed by atoms with Crippen LogP contribution in [0.25, 0.3) is 0 Å². The fourth-order valence-electron chi connectivity index (χ4n) is 5.42. The third-order valence-corrected chi connectivity index (χ3v) is 7.24. The number of piperidine rings is 2. The van der Waals surface area contributed by atoms with Gasteiger partial charge < -0.3 is 9.80 Å². The smallest absolute Gasteiger partial charge is 0.255 e. The van der Waals surface area contributed by atoms with Crippen LogP contribution in [0.5, 0.6) is 0 Å². The van der Waals surface area contributed by atoms with E-state index in [1.807, 2.05) is 6.07 Å². The second-order valence-electron chi connectivity index (χ2n) is 9.27. The van der Waals surface area contributed by atoms with Crippen LogP contribution >= 0.6 is 0 Å². The average molecular weight is 450 g/mol. The molecule has 1 N–H and O–H groups in total. The Kier molecular flexibility index (Phi) is 5.98. The maximum Gasteiger partial charge on any atom is 0.255 e. The number of carbonyl (C=O) groups excluding carboxylic acids is 3. The van der Waals surface area contributed by atoms with Crippen molar-refractivity contribution in [3.05, 3.63) is 70.5 Å². The van der Waals surface area contributed by atoms with E-state index in [1.54, 1.807) is 6.07 Å². The summed E-state index contributed by atoms with van der Waals surface area (Å²) in [5.74, 6) is -1.29. The summed E-state index contributed by atoms with van der Waals surface area (Å²) in [5, 5.41) is 2.32. The molecular weight excluding hydrogens is 421 g/mol. The van der Waals surface area contributed by atoms with Crippen LogP contribution in [0.2, 0.25) is 0 Å². The van der Waals surface area contributed by atoms with Gasteiger partial charge in [0.25, 0.3) is 5.91 Å². The van der Waals surface area contributed by atoms with Crippen LogP contribution in [0.4, 0.5) is 4.39 Å². The number of amides is 3. The molecule has 0 saturated carbocycles. The van der Waals surface area contributed by atoms with Gasteiger partial charge in [0.05, 0.1) is 0 Å². The minimum atomic E-state index is -0.682. The van der Waals surface area contributed by atoms with Crippen LogP contribution in [0, 0.1) is 5.82 Å². The molecule has 33 heavy (non-hydrogen) atoms. The van der Waals surface area contributed by atoms with E-state index in [2.05, 4.69) is 34.5 Å². The zero-order chi connectivity index (χ0) is 22.9. The summed E-state index contributed by atoms with van der Waals surface area (Å²) in [7, 11) is 0. The molecule has 3 heterocycles. The van der Waals surface area contributed by atoms with Crippen molar-refractivity contribution in [2.75, 3.05) is 19.6 Å². The second kappa shape index (κ2) is 9.06. The standard InChI is InChI=1S/C26H28FN3O3/c27-19-14-20(18-9-12-29(13-10-18)11-8-17-4-2-1-3-5-17)22-16-30(26(33)21(22)15-19)23-6-7-24(31)28-25(23)32/h1-5,14-15,18,23H,6-13,16H2,(H,28,31,32). The van der Waals surface area contributed by atoms with Crippen LogP contribution in [0.15, 0.2) is 42.5 Å². The average Bonchev–Trinajstić information content (AvgIpc) is 3.14. The van der Waals surface area contributed by atoms with E-state index in [0.717, 1.165) is 50.0 Å². The van der Waals surface area contributed by atoms with E-state index >= 15 is 0 Å². The Bertz CT molecular complexity index is 1080. The number of rotatable bonds is 5. The Morgan fingerprint density at radius 2 is 1.76 bits per heavy atom. The molecule has 6 nitrogen and oxygen atoms in total. The van der Waals surface area contributed by atoms with Gasteiger partial charge in [-0.25, -0.2) is 4.39 Å². The molecule has 0 spiro atoms. The number of nitrogens with one attached hydrogen (secondary N) is 1. The highest BCUT2D eigenvalue weighted by Gasteiger charge is 2.41. The van der Waals surface area contributed by atoms with Gasteiger partial charge in [0.15, 0.2) is 0 Å². The highest BCUT2D eigenvalue weighted by Crippen LogP contribution is 2.37. The summed E-state index contributed by atoms with van der Waals surface area (Å²) < 4.78 is 14.5. The van der Waals surface area contributed by atoms with Crippen molar-refractivity contribution in [2.45, 2.75) is 50.6 Å². The first-order valence-electron chi connectivity index (χ1n) is 11.7. The number of hydrogen-bond donors (Lipinski definition) is 1. The molecule has 5 rings (SSSR count). The molecule has 2 aromatic carbocycles. The third-order valence-electron chi connectivity index (χ3n) is 7.24. The van der Waals surface area contributed by atoms with Gasteiger partial charge in [0.1, 0.15) is 11.9 Å². The molecule has 3 aliphatic heterocycles. The highest BCUT2D eigenvalue weighted by atomic mass is 19.1. The van der Waals surface area contributed by atoms with Crippen molar-refractivity contribution in [3.8, 4) is 0 Å². The summed E-state index contributed by atoms with van der Waals surface area (Å²) in [6.07, 6.45) is 3.35. The maximum absolute atomic E-state index is 14.5. The molecule has 0 aromatic heterocycles. The number of halogens is 1. The Balaban J connectivity index is 1.28. The summed E-state index contributed by atoms with van der Waals surface area (Å²) in [6.45, 7) is 3.17. The fourth-order valence-corrected chi connectivity index (χ4v) is 5.42. The van der Waals surface area contributed by atoms with Crippen LogP contribution in [-0.4, -0.2) is 53.2 Å². The SMILES string of the molecule is O=C1CCC(N2Cc3c(cc(F)cc3C3CCN(CCc4ccccc4)CC3)C2=O)C(=O)N1. The van der Waals surface area contributed by atoms with Gasteiger partial charge in [-0.15, -0.1) is 0 Å². The predicted octanol–water partition coefficient (Wildman–Crippen LogP) is 3.01. The lowest BCUT2D eigenvalue weighted by Crippen LogP contribution is -2.52. The lowest BCUT2D eigenvalue weighted by atomic mass is 9.85. The largest absolute Gasteiger partial charge is 0.322 e. The topological polar surface area (TPSA) is 69.7 Å². The normalized spacial score (nSPS) is 21.9. The van der Waals surface area contributed by atoms with Gasteiger partial charge in [-0.1, -0.05) is 30.3 Å². The molecule has 1 atom stereocenters. The minimum Gasteiger partial charge on any atom is -0.322 e. The molecule has 3 aliphatic rings. The first-order valence-corrected chi connectivity index (χ1v) is 11.7. The lowest BCUT2D eigenvalue weighted by molar-refractivity contribution is -0.136. The van der Waals surface area contributed by atoms with E-state index in [4.69, 9.17) is 0 Å². The number of benzene rings is 2. The Labute approximate surface area is 192 Å². The lowest BCUT2D eigenvalue weighted by Gasteiger charge is -2.33. The van der Waals surface area contributed by atoms with Crippen molar-refractivity contribution < 1.29 is 18.8 Å². The van der Waals surface area contributed by atoms with Crippen molar-refractivity contribution in [1.82, 2.24) is 15.1 Å². The van der Waals surface area contributed by atoms with Crippen LogP contribution in [-0.2, 0) is 22.6 Å². The zero-order valence-corrected chi connectivity index (χ0v) is 18.6. The molecular formula is C26H28FN3O3. The first kappa shape index (κ1) is 21.8. The van der Waals surface area contributed by atoms with Crippen LogP contribution in [0.1, 0.15) is 58.6 Å². The Morgan fingerprint density at radius 3 is 2.48 bits per heavy atom. The Morgan fingerprint density at radius 1 is 1.00 bits per heavy atom. The van der Waals surface area contributed by atoms with Crippen LogP contribution in [0.3, 0.4) is 0 Å². The van der Waals surface area contributed by atoms with E-state index in [0.29, 0.717) is 18.5 Å². The second-order valence-corrected chi connectivity index (χ2v) is 9.27. The molecule has 0 aliphatic carbocycles. The third kappa shape index (κ3) is 4.42. The first-order chi connectivity index (χ1) is 16.0. The molecule has 0 radical (unpaired) electrons. The number of fused-ring (bicyclic) bond motifs is 1. The van der Waals surface area contributed by atoms with Crippen molar-refractivity contribution >= 4 is 17.7 Å². The van der Waals surface area contributed by atoms with Gasteiger partial charge in [-0.3, -0.25) is 19.7 Å². The predicted molar refractivity (Wildman–Crippen MR) is 121 cm³/mol. The summed E-state index contributed by atoms with van der Waals surface area (Å²) in [4.78, 5) is 40.9. The summed E-state index contributed by atoms with van der Waals surface area (Å²) in [5.41, 5.74) is 3.43. The molecule has 2 saturated heterocycles. The zero-order valence-electron chi connectivity index (χ0n) is 18.6. The van der Waals surface area contributed by atoms with E-state index < -0.39 is 17.8 Å². The molecule has 7 heteroatoms. The number of nitrogens with zero attached hydrogens (tertiary/aromatic N) is 2. The fraction of sp³-hybridized carbons (Fsp3) is 0.423. The summed E-state index contributed by atoms with van der Waals surface area (Å²) >= 11 is 0.